The van der Waals surface area contributed by atoms with Gasteiger partial charge in [-0.15, -0.1) is 0 Å². The number of carbonyl (C=O) groups is 2. The van der Waals surface area contributed by atoms with Gasteiger partial charge in [0, 0.05) is 87.5 Å². The average molecular weight is 593 g/mol. The number of hydrogen-bond acceptors (Lipinski definition) is 7. The van der Waals surface area contributed by atoms with Crippen LogP contribution in [0.1, 0.15) is 35.4 Å². The molecular formula is C31H34ClFN6O3. The predicted octanol–water partition coefficient (Wildman–Crippen LogP) is 3.59. The lowest BCUT2D eigenvalue weighted by Gasteiger charge is -2.35. The number of rotatable bonds is 7. The summed E-state index contributed by atoms with van der Waals surface area (Å²) in [6.07, 6.45) is 2.65. The van der Waals surface area contributed by atoms with Gasteiger partial charge in [0.25, 0.3) is 0 Å². The number of hydrogen-bond donors (Lipinski definition) is 2. The molecule has 6 rings (SSSR count). The van der Waals surface area contributed by atoms with Crippen molar-refractivity contribution >= 4 is 46.1 Å². The van der Waals surface area contributed by atoms with Crippen molar-refractivity contribution in [1.29, 1.82) is 0 Å². The molecule has 1 unspecified atom stereocenters. The molecular weight excluding hydrogens is 559 g/mol. The number of aromatic nitrogens is 2. The van der Waals surface area contributed by atoms with Crippen molar-refractivity contribution in [1.82, 2.24) is 19.8 Å². The van der Waals surface area contributed by atoms with Gasteiger partial charge in [0.1, 0.15) is 11.3 Å². The van der Waals surface area contributed by atoms with Gasteiger partial charge in [-0.1, -0.05) is 42.4 Å². The van der Waals surface area contributed by atoms with Gasteiger partial charge in [-0.3, -0.25) is 9.59 Å². The van der Waals surface area contributed by atoms with Gasteiger partial charge in [-0.2, -0.15) is 4.98 Å². The van der Waals surface area contributed by atoms with Crippen LogP contribution in [0.25, 0.3) is 10.9 Å². The van der Waals surface area contributed by atoms with Gasteiger partial charge in [0.2, 0.25) is 17.8 Å². The molecule has 3 aliphatic rings. The molecule has 2 aliphatic carbocycles. The Bertz CT molecular complexity index is 1590. The first-order valence-corrected chi connectivity index (χ1v) is 14.6. The summed E-state index contributed by atoms with van der Waals surface area (Å²) in [6.45, 7) is 5.74. The number of nitrogens with one attached hydrogen (secondary N) is 1. The first-order chi connectivity index (χ1) is 20.1. The Hall–Kier alpha value is -3.76. The molecule has 3 aromatic rings. The van der Waals surface area contributed by atoms with E-state index in [9.17, 15) is 14.7 Å². The summed E-state index contributed by atoms with van der Waals surface area (Å²) < 4.78 is 16.8. The van der Waals surface area contributed by atoms with Crippen LogP contribution in [0.3, 0.4) is 0 Å². The zero-order valence-corrected chi connectivity index (χ0v) is 24.5. The number of piperazine rings is 1. The number of carbonyl (C=O) groups excluding carboxylic acids is 2. The molecule has 220 valence electrons. The highest BCUT2D eigenvalue weighted by molar-refractivity contribution is 6.32. The van der Waals surface area contributed by atoms with Crippen LogP contribution in [-0.4, -0.2) is 89.1 Å². The van der Waals surface area contributed by atoms with E-state index in [1.54, 1.807) is 25.1 Å². The van der Waals surface area contributed by atoms with E-state index >= 15 is 4.39 Å². The van der Waals surface area contributed by atoms with E-state index in [0.29, 0.717) is 55.8 Å². The van der Waals surface area contributed by atoms with Gasteiger partial charge in [-0.25, -0.2) is 9.37 Å². The summed E-state index contributed by atoms with van der Waals surface area (Å²) in [7, 11) is 3.38. The minimum absolute atomic E-state index is 0.0559. The third-order valence-corrected chi connectivity index (χ3v) is 9.10. The number of halogens is 2. The highest BCUT2D eigenvalue weighted by Gasteiger charge is 2.60. The van der Waals surface area contributed by atoms with Gasteiger partial charge >= 0.3 is 0 Å². The van der Waals surface area contributed by atoms with E-state index in [1.807, 2.05) is 29.2 Å². The molecule has 1 aromatic heterocycles. The average Bonchev–Trinajstić information content (AvgIpc) is 3.66. The van der Waals surface area contributed by atoms with E-state index in [4.69, 9.17) is 16.6 Å². The van der Waals surface area contributed by atoms with Crippen molar-refractivity contribution in [3.8, 4) is 0 Å². The number of nitrogens with zero attached hydrogens (tertiary/aromatic N) is 5. The lowest BCUT2D eigenvalue weighted by atomic mass is 9.77. The molecule has 0 bridgehead atoms. The highest BCUT2D eigenvalue weighted by Crippen LogP contribution is 2.61. The molecule has 2 heterocycles. The quantitative estimate of drug-likeness (QED) is 0.404. The first-order valence-electron chi connectivity index (χ1n) is 14.2. The normalized spacial score (nSPS) is 22.8. The zero-order chi connectivity index (χ0) is 29.8. The van der Waals surface area contributed by atoms with Crippen LogP contribution in [0, 0.1) is 11.7 Å². The SMILES string of the molecule is C=CC(=O)N1CCN(c2nc(NCCC(=O)N(C)C)nc3c(F)c(C4c5ccccc5C[C@]5(O)C[C@H]45)c(Cl)cc23)CC1. The molecule has 1 aliphatic heterocycles. The van der Waals surface area contributed by atoms with Crippen LogP contribution in [0.15, 0.2) is 43.0 Å². The van der Waals surface area contributed by atoms with E-state index < -0.39 is 17.3 Å². The van der Waals surface area contributed by atoms with Crippen molar-refractivity contribution in [3.05, 3.63) is 70.5 Å². The van der Waals surface area contributed by atoms with Crippen LogP contribution in [0.4, 0.5) is 16.2 Å². The Morgan fingerprint density at radius 2 is 1.98 bits per heavy atom. The molecule has 0 spiro atoms. The summed E-state index contributed by atoms with van der Waals surface area (Å²) in [5.41, 5.74) is 1.56. The maximum atomic E-state index is 16.8. The summed E-state index contributed by atoms with van der Waals surface area (Å²) in [4.78, 5) is 38.8. The fraction of sp³-hybridized carbons (Fsp3) is 0.419. The molecule has 42 heavy (non-hydrogen) atoms. The number of benzene rings is 2. The van der Waals surface area contributed by atoms with Crippen molar-refractivity contribution in [2.75, 3.05) is 57.0 Å². The molecule has 2 fully saturated rings. The van der Waals surface area contributed by atoms with Crippen LogP contribution < -0.4 is 10.2 Å². The third kappa shape index (κ3) is 4.96. The van der Waals surface area contributed by atoms with Crippen LogP contribution >= 0.6 is 11.6 Å². The van der Waals surface area contributed by atoms with Crippen LogP contribution in [-0.2, 0) is 16.0 Å². The second kappa shape index (κ2) is 10.8. The van der Waals surface area contributed by atoms with Gasteiger partial charge in [0.05, 0.1) is 5.60 Å². The lowest BCUT2D eigenvalue weighted by molar-refractivity contribution is -0.128. The van der Waals surface area contributed by atoms with E-state index in [-0.39, 0.29) is 47.2 Å². The summed E-state index contributed by atoms with van der Waals surface area (Å²) in [5.74, 6) is -0.563. The number of amides is 2. The zero-order valence-electron chi connectivity index (χ0n) is 23.7. The van der Waals surface area contributed by atoms with Crippen molar-refractivity contribution < 1.29 is 19.1 Å². The Labute approximate surface area is 249 Å². The topological polar surface area (TPSA) is 102 Å². The van der Waals surface area contributed by atoms with Crippen LogP contribution in [0.2, 0.25) is 5.02 Å². The monoisotopic (exact) mass is 592 g/mol. The van der Waals surface area contributed by atoms with Crippen molar-refractivity contribution in [3.63, 3.8) is 0 Å². The highest BCUT2D eigenvalue weighted by atomic mass is 35.5. The largest absolute Gasteiger partial charge is 0.389 e. The third-order valence-electron chi connectivity index (χ3n) is 8.79. The number of fused-ring (bicyclic) bond motifs is 3. The minimum atomic E-state index is -0.866. The van der Waals surface area contributed by atoms with E-state index in [2.05, 4.69) is 16.9 Å². The Balaban J connectivity index is 1.43. The molecule has 2 aromatic carbocycles. The van der Waals surface area contributed by atoms with Gasteiger partial charge in [-0.05, 0) is 29.7 Å². The molecule has 3 atom stereocenters. The lowest BCUT2D eigenvalue weighted by Crippen LogP contribution is -2.48. The number of aliphatic hydroxyl groups is 1. The smallest absolute Gasteiger partial charge is 0.246 e. The summed E-state index contributed by atoms with van der Waals surface area (Å²) in [6, 6.07) is 9.56. The minimum Gasteiger partial charge on any atom is -0.389 e. The molecule has 0 radical (unpaired) electrons. The standard InChI is InChI=1S/C31H34ClFN6O3/c1-4-23(40)38-11-13-39(14-12-38)29-20-15-22(32)26(25-19-8-6-5-7-18(19)16-31(42)17-21(25)31)27(33)28(20)35-30(36-29)34-10-9-24(41)37(2)3/h4-8,15,21,25,42H,1,9-14,16-17H2,2-3H3,(H,34,35,36)/t21-,25?,31+/m1/s1. The van der Waals surface area contributed by atoms with Crippen molar-refractivity contribution in [2.24, 2.45) is 5.92 Å². The molecule has 11 heteroatoms. The van der Waals surface area contributed by atoms with Crippen molar-refractivity contribution in [2.45, 2.75) is 30.8 Å². The fourth-order valence-corrected chi connectivity index (χ4v) is 6.74. The maximum absolute atomic E-state index is 16.8. The molecule has 1 saturated carbocycles. The van der Waals surface area contributed by atoms with Crippen LogP contribution in [0.5, 0.6) is 0 Å². The molecule has 9 nitrogen and oxygen atoms in total. The van der Waals surface area contributed by atoms with E-state index in [0.717, 1.165) is 11.1 Å². The first kappa shape index (κ1) is 28.4. The summed E-state index contributed by atoms with van der Waals surface area (Å²) >= 11 is 6.90. The second-order valence-corrected chi connectivity index (χ2v) is 12.0. The van der Waals surface area contributed by atoms with Gasteiger partial charge < -0.3 is 25.1 Å². The molecule has 2 amide bonds. The number of anilines is 2. The summed E-state index contributed by atoms with van der Waals surface area (Å²) in [5, 5.41) is 15.0. The Morgan fingerprint density at radius 1 is 1.24 bits per heavy atom. The Kier molecular flexibility index (Phi) is 7.31. The molecule has 2 N–H and O–H groups in total. The van der Waals surface area contributed by atoms with E-state index in [1.165, 1.54) is 11.0 Å². The second-order valence-electron chi connectivity index (χ2n) is 11.6. The van der Waals surface area contributed by atoms with Gasteiger partial charge in [0.15, 0.2) is 5.82 Å². The predicted molar refractivity (Wildman–Crippen MR) is 160 cm³/mol. The fourth-order valence-electron chi connectivity index (χ4n) is 6.43. The molecule has 1 saturated heterocycles. The Morgan fingerprint density at radius 3 is 2.69 bits per heavy atom. The maximum Gasteiger partial charge on any atom is 0.246 e.